The van der Waals surface area contributed by atoms with Gasteiger partial charge in [0.2, 0.25) is 11.8 Å². The highest BCUT2D eigenvalue weighted by molar-refractivity contribution is 9.10. The molecule has 0 saturated heterocycles. The molecule has 0 aromatic heterocycles. The number of rotatable bonds is 12. The Morgan fingerprint density at radius 1 is 0.943 bits per heavy atom. The van der Waals surface area contributed by atoms with E-state index in [1.165, 1.54) is 23.9 Å². The Morgan fingerprint density at radius 3 is 2.26 bits per heavy atom. The van der Waals surface area contributed by atoms with Crippen LogP contribution in [0.1, 0.15) is 30.0 Å². The molecular formula is C28H30BrFN2O2S. The van der Waals surface area contributed by atoms with Crippen molar-refractivity contribution < 1.29 is 14.0 Å². The molecule has 0 spiro atoms. The van der Waals surface area contributed by atoms with Crippen molar-refractivity contribution in [3.05, 3.63) is 106 Å². The molecule has 2 amide bonds. The van der Waals surface area contributed by atoms with Gasteiger partial charge in [-0.15, -0.1) is 11.8 Å². The van der Waals surface area contributed by atoms with Crippen LogP contribution < -0.4 is 5.32 Å². The van der Waals surface area contributed by atoms with E-state index < -0.39 is 6.04 Å². The fourth-order valence-electron chi connectivity index (χ4n) is 3.63. The molecule has 0 heterocycles. The van der Waals surface area contributed by atoms with Crippen LogP contribution in [0, 0.1) is 5.82 Å². The maximum absolute atomic E-state index is 13.5. The summed E-state index contributed by atoms with van der Waals surface area (Å²) in [6.07, 6.45) is 1.21. The van der Waals surface area contributed by atoms with E-state index in [9.17, 15) is 14.0 Å². The zero-order valence-corrected chi connectivity index (χ0v) is 22.2. The first kappa shape index (κ1) is 27.0. The van der Waals surface area contributed by atoms with E-state index in [0.717, 1.165) is 27.6 Å². The Kier molecular flexibility index (Phi) is 10.8. The van der Waals surface area contributed by atoms with Crippen molar-refractivity contribution in [1.29, 1.82) is 0 Å². The van der Waals surface area contributed by atoms with E-state index in [1.807, 2.05) is 61.5 Å². The summed E-state index contributed by atoms with van der Waals surface area (Å²) in [6.45, 7) is 2.77. The molecule has 7 heteroatoms. The van der Waals surface area contributed by atoms with E-state index in [4.69, 9.17) is 0 Å². The maximum atomic E-state index is 13.5. The van der Waals surface area contributed by atoms with Crippen molar-refractivity contribution in [2.75, 3.05) is 12.3 Å². The van der Waals surface area contributed by atoms with Crippen molar-refractivity contribution in [3.63, 3.8) is 0 Å². The molecule has 0 fully saturated rings. The minimum absolute atomic E-state index is 0.121. The summed E-state index contributed by atoms with van der Waals surface area (Å²) < 4.78 is 14.5. The van der Waals surface area contributed by atoms with Crippen molar-refractivity contribution >= 4 is 39.5 Å². The largest absolute Gasteiger partial charge is 0.354 e. The summed E-state index contributed by atoms with van der Waals surface area (Å²) in [5, 5.41) is 2.97. The molecule has 1 N–H and O–H groups in total. The van der Waals surface area contributed by atoms with Gasteiger partial charge >= 0.3 is 0 Å². The molecule has 0 unspecified atom stereocenters. The summed E-state index contributed by atoms with van der Waals surface area (Å²) in [6, 6.07) is 23.1. The fourth-order valence-corrected chi connectivity index (χ4v) is 4.76. The average molecular weight is 558 g/mol. The molecular weight excluding hydrogens is 527 g/mol. The predicted octanol–water partition coefficient (Wildman–Crippen LogP) is 5.99. The highest BCUT2D eigenvalue weighted by Gasteiger charge is 2.30. The first-order valence-corrected chi connectivity index (χ1v) is 13.6. The summed E-state index contributed by atoms with van der Waals surface area (Å²) >= 11 is 4.95. The van der Waals surface area contributed by atoms with Gasteiger partial charge in [-0.3, -0.25) is 9.59 Å². The van der Waals surface area contributed by atoms with Crippen LogP contribution in [-0.2, 0) is 28.3 Å². The lowest BCUT2D eigenvalue weighted by molar-refractivity contribution is -0.139. The first-order chi connectivity index (χ1) is 17.0. The Morgan fingerprint density at radius 2 is 1.60 bits per heavy atom. The average Bonchev–Trinajstić information content (AvgIpc) is 2.87. The van der Waals surface area contributed by atoms with Gasteiger partial charge in [0.15, 0.2) is 0 Å². The number of nitrogens with zero attached hydrogens (tertiary/aromatic N) is 1. The lowest BCUT2D eigenvalue weighted by Crippen LogP contribution is -2.51. The molecule has 3 aromatic carbocycles. The number of carbonyl (C=O) groups excluding carboxylic acids is 2. The van der Waals surface area contributed by atoms with Crippen LogP contribution in [0.3, 0.4) is 0 Å². The second kappa shape index (κ2) is 14.0. The summed E-state index contributed by atoms with van der Waals surface area (Å²) in [7, 11) is 0. The third-order valence-electron chi connectivity index (χ3n) is 5.49. The summed E-state index contributed by atoms with van der Waals surface area (Å²) in [5.41, 5.74) is 2.88. The fraction of sp³-hybridized carbons (Fsp3) is 0.286. The Labute approximate surface area is 219 Å². The number of nitrogens with one attached hydrogen (secondary N) is 1. The third kappa shape index (κ3) is 8.82. The quantitative estimate of drug-likeness (QED) is 0.298. The third-order valence-corrected chi connectivity index (χ3v) is 7.01. The van der Waals surface area contributed by atoms with E-state index in [2.05, 4.69) is 21.2 Å². The van der Waals surface area contributed by atoms with Crippen LogP contribution in [0.25, 0.3) is 0 Å². The van der Waals surface area contributed by atoms with Crippen molar-refractivity contribution in [3.8, 4) is 0 Å². The molecule has 0 aliphatic rings. The topological polar surface area (TPSA) is 49.4 Å². The number of hydrogen-bond donors (Lipinski definition) is 1. The minimum Gasteiger partial charge on any atom is -0.354 e. The second-order valence-electron chi connectivity index (χ2n) is 8.26. The lowest BCUT2D eigenvalue weighted by Gasteiger charge is -2.31. The molecule has 184 valence electrons. The molecule has 0 radical (unpaired) electrons. The van der Waals surface area contributed by atoms with E-state index >= 15 is 0 Å². The van der Waals surface area contributed by atoms with Crippen molar-refractivity contribution in [1.82, 2.24) is 10.2 Å². The Hall–Kier alpha value is -2.64. The van der Waals surface area contributed by atoms with Crippen LogP contribution in [-0.4, -0.2) is 35.1 Å². The van der Waals surface area contributed by atoms with E-state index in [0.29, 0.717) is 18.7 Å². The number of halogens is 2. The van der Waals surface area contributed by atoms with Crippen molar-refractivity contribution in [2.45, 2.75) is 38.1 Å². The number of hydrogen-bond acceptors (Lipinski definition) is 3. The zero-order chi connectivity index (χ0) is 25.0. The number of carbonyl (C=O) groups is 2. The molecule has 0 aliphatic heterocycles. The monoisotopic (exact) mass is 556 g/mol. The normalized spacial score (nSPS) is 11.6. The van der Waals surface area contributed by atoms with Gasteiger partial charge in [-0.25, -0.2) is 4.39 Å². The van der Waals surface area contributed by atoms with Crippen LogP contribution >= 0.6 is 27.7 Å². The van der Waals surface area contributed by atoms with Crippen molar-refractivity contribution in [2.24, 2.45) is 0 Å². The number of thioether (sulfide) groups is 1. The highest BCUT2D eigenvalue weighted by atomic mass is 79.9. The summed E-state index contributed by atoms with van der Waals surface area (Å²) in [5.74, 6) is 0.296. The molecule has 35 heavy (non-hydrogen) atoms. The van der Waals surface area contributed by atoms with Crippen LogP contribution in [0.4, 0.5) is 4.39 Å². The van der Waals surface area contributed by atoms with Gasteiger partial charge in [0.25, 0.3) is 0 Å². The van der Waals surface area contributed by atoms with Gasteiger partial charge in [-0.05, 0) is 47.4 Å². The molecule has 0 aliphatic carbocycles. The van der Waals surface area contributed by atoms with E-state index in [1.54, 1.807) is 17.0 Å². The van der Waals surface area contributed by atoms with Crippen LogP contribution in [0.2, 0.25) is 0 Å². The molecule has 3 aromatic rings. The standard InChI is InChI=1S/C28H30BrFN2O2S/c1-2-16-31-28(34)26(17-21-6-4-3-5-7-21)32(18-22-10-14-25(30)15-11-22)27(33)20-35-19-23-8-12-24(29)13-9-23/h3-15,26H,2,16-20H2,1H3,(H,31,34)/t26-/m0/s1. The smallest absolute Gasteiger partial charge is 0.243 e. The summed E-state index contributed by atoms with van der Waals surface area (Å²) in [4.78, 5) is 28.4. The zero-order valence-electron chi connectivity index (χ0n) is 19.8. The Balaban J connectivity index is 1.81. The van der Waals surface area contributed by atoms with Gasteiger partial charge < -0.3 is 10.2 Å². The molecule has 4 nitrogen and oxygen atoms in total. The van der Waals surface area contributed by atoms with Gasteiger partial charge in [0.1, 0.15) is 11.9 Å². The number of benzene rings is 3. The first-order valence-electron chi connectivity index (χ1n) is 11.6. The molecule has 0 bridgehead atoms. The highest BCUT2D eigenvalue weighted by Crippen LogP contribution is 2.20. The van der Waals surface area contributed by atoms with Crippen LogP contribution in [0.15, 0.2) is 83.3 Å². The van der Waals surface area contributed by atoms with Crippen LogP contribution in [0.5, 0.6) is 0 Å². The molecule has 3 rings (SSSR count). The SMILES string of the molecule is CCCNC(=O)[C@H](Cc1ccccc1)N(Cc1ccc(F)cc1)C(=O)CSCc1ccc(Br)cc1. The minimum atomic E-state index is -0.671. The van der Waals surface area contributed by atoms with E-state index in [-0.39, 0.29) is 29.9 Å². The lowest BCUT2D eigenvalue weighted by atomic mass is 10.0. The van der Waals surface area contributed by atoms with Gasteiger partial charge in [0, 0.05) is 29.7 Å². The Bertz CT molecular complexity index is 1080. The van der Waals surface area contributed by atoms with Gasteiger partial charge in [-0.1, -0.05) is 77.5 Å². The molecule has 1 atom stereocenters. The van der Waals surface area contributed by atoms with Gasteiger partial charge in [0.05, 0.1) is 5.75 Å². The maximum Gasteiger partial charge on any atom is 0.243 e. The predicted molar refractivity (Wildman–Crippen MR) is 144 cm³/mol. The molecule has 0 saturated carbocycles. The van der Waals surface area contributed by atoms with Gasteiger partial charge in [-0.2, -0.15) is 0 Å². The number of amides is 2. The second-order valence-corrected chi connectivity index (χ2v) is 10.2.